The van der Waals surface area contributed by atoms with Crippen LogP contribution in [0.4, 0.5) is 0 Å². The van der Waals surface area contributed by atoms with Crippen LogP contribution in [0.25, 0.3) is 6.08 Å². The smallest absolute Gasteiger partial charge is 0.244 e. The first kappa shape index (κ1) is 18.6. The van der Waals surface area contributed by atoms with Gasteiger partial charge >= 0.3 is 0 Å². The van der Waals surface area contributed by atoms with E-state index in [1.807, 2.05) is 0 Å². The van der Waals surface area contributed by atoms with E-state index in [9.17, 15) is 4.79 Å². The van der Waals surface area contributed by atoms with Gasteiger partial charge in [0.2, 0.25) is 5.91 Å². The molecule has 0 radical (unpaired) electrons. The van der Waals surface area contributed by atoms with Crippen LogP contribution in [0.3, 0.4) is 0 Å². The van der Waals surface area contributed by atoms with Crippen molar-refractivity contribution in [1.82, 2.24) is 5.32 Å². The van der Waals surface area contributed by atoms with Gasteiger partial charge < -0.3 is 5.32 Å². The van der Waals surface area contributed by atoms with Crippen molar-refractivity contribution in [3.8, 4) is 0 Å². The summed E-state index contributed by atoms with van der Waals surface area (Å²) >= 11 is 12.0. The summed E-state index contributed by atoms with van der Waals surface area (Å²) in [5.74, 6) is -0.146. The van der Waals surface area contributed by atoms with Crippen molar-refractivity contribution < 1.29 is 4.79 Å². The lowest BCUT2D eigenvalue weighted by Crippen LogP contribution is -2.26. The molecule has 0 fully saturated rings. The Kier molecular flexibility index (Phi) is 6.47. The molecule has 0 unspecified atom stereocenters. The fourth-order valence-corrected chi connectivity index (χ4v) is 3.11. The molecule has 2 rings (SSSR count). The molecule has 0 aliphatic heterocycles. The van der Waals surface area contributed by atoms with E-state index in [0.29, 0.717) is 10.0 Å². The molecule has 1 N–H and O–H groups in total. The van der Waals surface area contributed by atoms with Crippen molar-refractivity contribution >= 4 is 35.2 Å². The maximum absolute atomic E-state index is 12.2. The summed E-state index contributed by atoms with van der Waals surface area (Å²) in [7, 11) is 0. The Hall–Kier alpha value is -1.77. The largest absolute Gasteiger partial charge is 0.346 e. The molecular weight excluding hydrogens is 341 g/mol. The van der Waals surface area contributed by atoms with Gasteiger partial charge in [-0.25, -0.2) is 0 Å². The van der Waals surface area contributed by atoms with E-state index in [1.165, 1.54) is 17.2 Å². The van der Waals surface area contributed by atoms with Crippen molar-refractivity contribution in [2.45, 2.75) is 33.2 Å². The van der Waals surface area contributed by atoms with Crippen LogP contribution in [0.5, 0.6) is 0 Å². The number of carbonyl (C=O) groups excluding carboxylic acids is 1. The fraction of sp³-hybridized carbons (Fsp3) is 0.250. The summed E-state index contributed by atoms with van der Waals surface area (Å²) in [6.07, 6.45) is 4.02. The van der Waals surface area contributed by atoms with Crippen molar-refractivity contribution in [1.29, 1.82) is 0 Å². The molecule has 1 atom stereocenters. The molecule has 2 aromatic rings. The van der Waals surface area contributed by atoms with Crippen LogP contribution in [0.2, 0.25) is 10.0 Å². The first-order valence-electron chi connectivity index (χ1n) is 7.91. The Balaban J connectivity index is 2.10. The lowest BCUT2D eigenvalue weighted by Gasteiger charge is -2.19. The molecule has 24 heavy (non-hydrogen) atoms. The highest BCUT2D eigenvalue weighted by Crippen LogP contribution is 2.23. The van der Waals surface area contributed by atoms with E-state index in [0.717, 1.165) is 17.5 Å². The number of benzene rings is 2. The molecule has 0 bridgehead atoms. The van der Waals surface area contributed by atoms with Gasteiger partial charge in [0, 0.05) is 16.1 Å². The number of aryl methyl sites for hydroxylation is 2. The Bertz CT molecular complexity index is 768. The first-order chi connectivity index (χ1) is 11.4. The van der Waals surface area contributed by atoms with Crippen LogP contribution in [0, 0.1) is 13.8 Å². The zero-order chi connectivity index (χ0) is 17.7. The van der Waals surface area contributed by atoms with Gasteiger partial charge in [0.1, 0.15) is 0 Å². The molecule has 0 aliphatic rings. The van der Waals surface area contributed by atoms with Crippen molar-refractivity contribution in [3.05, 3.63) is 74.8 Å². The minimum absolute atomic E-state index is 0.0107. The third kappa shape index (κ3) is 4.86. The average Bonchev–Trinajstić information content (AvgIpc) is 2.52. The number of carbonyl (C=O) groups is 1. The Morgan fingerprint density at radius 2 is 1.92 bits per heavy atom. The van der Waals surface area contributed by atoms with E-state index >= 15 is 0 Å². The van der Waals surface area contributed by atoms with Gasteiger partial charge in [0.15, 0.2) is 0 Å². The highest BCUT2D eigenvalue weighted by Gasteiger charge is 2.13. The van der Waals surface area contributed by atoms with Crippen LogP contribution in [-0.4, -0.2) is 5.91 Å². The minimum Gasteiger partial charge on any atom is -0.346 e. The number of hydrogen-bond acceptors (Lipinski definition) is 1. The number of halogens is 2. The highest BCUT2D eigenvalue weighted by atomic mass is 35.5. The van der Waals surface area contributed by atoms with Crippen LogP contribution < -0.4 is 5.32 Å². The van der Waals surface area contributed by atoms with Gasteiger partial charge in [-0.3, -0.25) is 4.79 Å². The quantitative estimate of drug-likeness (QED) is 0.660. The van der Waals surface area contributed by atoms with Crippen molar-refractivity contribution in [2.24, 2.45) is 0 Å². The van der Waals surface area contributed by atoms with Gasteiger partial charge in [-0.15, -0.1) is 0 Å². The molecule has 0 saturated heterocycles. The summed E-state index contributed by atoms with van der Waals surface area (Å²) in [6, 6.07) is 11.5. The topological polar surface area (TPSA) is 29.1 Å². The average molecular weight is 362 g/mol. The third-order valence-electron chi connectivity index (χ3n) is 3.90. The SMILES string of the molecule is CC[C@H](NC(=O)/C=C/c1ccc(Cl)cc1Cl)c1ccc(C)cc1C. The summed E-state index contributed by atoms with van der Waals surface area (Å²) < 4.78 is 0. The Morgan fingerprint density at radius 1 is 1.17 bits per heavy atom. The second-order valence-corrected chi connectivity index (χ2v) is 6.67. The van der Waals surface area contributed by atoms with E-state index in [2.05, 4.69) is 44.3 Å². The Morgan fingerprint density at radius 3 is 2.54 bits per heavy atom. The van der Waals surface area contributed by atoms with E-state index in [-0.39, 0.29) is 11.9 Å². The molecule has 2 nitrogen and oxygen atoms in total. The third-order valence-corrected chi connectivity index (χ3v) is 4.46. The maximum Gasteiger partial charge on any atom is 0.244 e. The van der Waals surface area contributed by atoms with Crippen LogP contribution >= 0.6 is 23.2 Å². The monoisotopic (exact) mass is 361 g/mol. The molecule has 0 aromatic heterocycles. The van der Waals surface area contributed by atoms with E-state index in [1.54, 1.807) is 24.3 Å². The normalized spacial score (nSPS) is 12.4. The summed E-state index contributed by atoms with van der Waals surface area (Å²) in [6.45, 7) is 6.19. The molecule has 1 amide bonds. The summed E-state index contributed by atoms with van der Waals surface area (Å²) in [4.78, 5) is 12.2. The van der Waals surface area contributed by atoms with Gasteiger partial charge in [-0.05, 0) is 55.2 Å². The lowest BCUT2D eigenvalue weighted by molar-refractivity contribution is -0.117. The number of amides is 1. The lowest BCUT2D eigenvalue weighted by atomic mass is 9.97. The Labute approximate surface area is 153 Å². The standard InChI is InChI=1S/C20H21Cl2NO/c1-4-19(17-9-5-13(2)11-14(17)3)23-20(24)10-7-15-6-8-16(21)12-18(15)22/h5-12,19H,4H2,1-3H3,(H,23,24)/b10-7+/t19-/m0/s1. The van der Waals surface area contributed by atoms with Crippen LogP contribution in [0.1, 0.15) is 41.6 Å². The maximum atomic E-state index is 12.2. The summed E-state index contributed by atoms with van der Waals surface area (Å²) in [5.41, 5.74) is 4.31. The van der Waals surface area contributed by atoms with Crippen LogP contribution in [0.15, 0.2) is 42.5 Å². The van der Waals surface area contributed by atoms with Gasteiger partial charge in [0.25, 0.3) is 0 Å². The zero-order valence-corrected chi connectivity index (χ0v) is 15.6. The molecule has 0 saturated carbocycles. The van der Waals surface area contributed by atoms with Crippen molar-refractivity contribution in [2.75, 3.05) is 0 Å². The first-order valence-corrected chi connectivity index (χ1v) is 8.67. The fourth-order valence-electron chi connectivity index (χ4n) is 2.64. The van der Waals surface area contributed by atoms with Gasteiger partial charge in [-0.2, -0.15) is 0 Å². The van der Waals surface area contributed by atoms with Gasteiger partial charge in [-0.1, -0.05) is 60.0 Å². The predicted molar refractivity (Wildman–Crippen MR) is 103 cm³/mol. The summed E-state index contributed by atoms with van der Waals surface area (Å²) in [5, 5.41) is 4.14. The second kappa shape index (κ2) is 8.36. The zero-order valence-electron chi connectivity index (χ0n) is 14.1. The molecule has 0 heterocycles. The van der Waals surface area contributed by atoms with E-state index < -0.39 is 0 Å². The molecule has 0 spiro atoms. The van der Waals surface area contributed by atoms with Gasteiger partial charge in [0.05, 0.1) is 6.04 Å². The molecule has 4 heteroatoms. The molecule has 2 aromatic carbocycles. The molecule has 126 valence electrons. The van der Waals surface area contributed by atoms with Crippen LogP contribution in [-0.2, 0) is 4.79 Å². The molecule has 0 aliphatic carbocycles. The number of hydrogen-bond donors (Lipinski definition) is 1. The minimum atomic E-state index is -0.146. The predicted octanol–water partition coefficient (Wildman–Crippen LogP) is 5.89. The van der Waals surface area contributed by atoms with E-state index in [4.69, 9.17) is 23.2 Å². The molecular formula is C20H21Cl2NO. The van der Waals surface area contributed by atoms with Crippen molar-refractivity contribution in [3.63, 3.8) is 0 Å². The number of nitrogens with one attached hydrogen (secondary N) is 1. The second-order valence-electron chi connectivity index (χ2n) is 5.83. The highest BCUT2D eigenvalue weighted by molar-refractivity contribution is 6.35. The number of rotatable bonds is 5.